The predicted molar refractivity (Wildman–Crippen MR) is 200 cm³/mol. The number of nitro benzene ring substituents is 1. The molecule has 51 heavy (non-hydrogen) atoms. The van der Waals surface area contributed by atoms with Gasteiger partial charge in [0.15, 0.2) is 5.13 Å². The monoisotopic (exact) mass is 715 g/mol. The summed E-state index contributed by atoms with van der Waals surface area (Å²) in [7, 11) is 1.59. The lowest BCUT2D eigenvalue weighted by Crippen LogP contribution is -2.30. The van der Waals surface area contributed by atoms with Crippen molar-refractivity contribution in [2.24, 2.45) is 0 Å². The molecule has 6 aromatic rings. The van der Waals surface area contributed by atoms with Gasteiger partial charge in [0.2, 0.25) is 5.91 Å². The zero-order valence-electron chi connectivity index (χ0n) is 26.9. The Kier molecular flexibility index (Phi) is 10.8. The van der Waals surface area contributed by atoms with Crippen molar-refractivity contribution in [3.63, 3.8) is 0 Å². The number of nitro groups is 1. The molecule has 254 valence electrons. The molecule has 0 aliphatic rings. The van der Waals surface area contributed by atoms with Gasteiger partial charge in [-0.3, -0.25) is 24.5 Å². The number of para-hydroxylation sites is 1. The van der Waals surface area contributed by atoms with Gasteiger partial charge in [-0.15, -0.1) is 11.8 Å². The van der Waals surface area contributed by atoms with Crippen LogP contribution >= 0.6 is 23.1 Å². The van der Waals surface area contributed by atoms with Gasteiger partial charge >= 0.3 is 0 Å². The van der Waals surface area contributed by atoms with E-state index in [4.69, 9.17) is 4.74 Å². The average molecular weight is 716 g/mol. The van der Waals surface area contributed by atoms with E-state index in [1.54, 1.807) is 67.8 Å². The molecule has 0 bridgehead atoms. The van der Waals surface area contributed by atoms with E-state index >= 15 is 0 Å². The first-order valence-electron chi connectivity index (χ1n) is 15.5. The Bertz CT molecular complexity index is 2240. The van der Waals surface area contributed by atoms with E-state index in [1.807, 2.05) is 48.5 Å². The van der Waals surface area contributed by atoms with Gasteiger partial charge in [0.25, 0.3) is 17.5 Å². The SMILES string of the molecule is COc1ccc2nc(NC(=O)C(Sc3ccc(NC(=O)/C(=C/c4ccccc4[N+](=O)[O-])NC(=O)c4ccccc4)cc3)c3ccccc3)sc2c1. The lowest BCUT2D eigenvalue weighted by molar-refractivity contribution is -0.385. The fourth-order valence-corrected chi connectivity index (χ4v) is 6.90. The number of fused-ring (bicyclic) bond motifs is 1. The highest BCUT2D eigenvalue weighted by atomic mass is 32.2. The maximum Gasteiger partial charge on any atom is 0.276 e. The second kappa shape index (κ2) is 15.9. The Balaban J connectivity index is 1.20. The third-order valence-corrected chi connectivity index (χ3v) is 9.69. The Labute approximate surface area is 300 Å². The van der Waals surface area contributed by atoms with Crippen LogP contribution in [0.5, 0.6) is 5.75 Å². The number of hydrogen-bond donors (Lipinski definition) is 3. The Morgan fingerprint density at radius 2 is 1.55 bits per heavy atom. The minimum atomic E-state index is -0.687. The molecule has 0 radical (unpaired) electrons. The molecule has 1 aromatic heterocycles. The van der Waals surface area contributed by atoms with E-state index in [2.05, 4.69) is 20.9 Å². The normalized spacial score (nSPS) is 11.7. The highest BCUT2D eigenvalue weighted by molar-refractivity contribution is 8.00. The van der Waals surface area contributed by atoms with E-state index in [1.165, 1.54) is 47.4 Å². The maximum atomic E-state index is 13.7. The van der Waals surface area contributed by atoms with Crippen LogP contribution in [0.3, 0.4) is 0 Å². The van der Waals surface area contributed by atoms with Gasteiger partial charge in [-0.1, -0.05) is 72.0 Å². The zero-order valence-corrected chi connectivity index (χ0v) is 28.6. The number of aromatic nitrogens is 1. The van der Waals surface area contributed by atoms with Crippen molar-refractivity contribution < 1.29 is 24.0 Å². The molecular weight excluding hydrogens is 687 g/mol. The smallest absolute Gasteiger partial charge is 0.276 e. The van der Waals surface area contributed by atoms with E-state index < -0.39 is 22.0 Å². The molecule has 0 saturated heterocycles. The fraction of sp³-hybridized carbons (Fsp3) is 0.0526. The summed E-state index contributed by atoms with van der Waals surface area (Å²) in [4.78, 5) is 56.6. The van der Waals surface area contributed by atoms with Crippen molar-refractivity contribution in [1.82, 2.24) is 10.3 Å². The Morgan fingerprint density at radius 3 is 2.25 bits per heavy atom. The summed E-state index contributed by atoms with van der Waals surface area (Å²) in [5, 5.41) is 19.8. The van der Waals surface area contributed by atoms with E-state index in [-0.39, 0.29) is 22.9 Å². The van der Waals surface area contributed by atoms with Gasteiger partial charge in [0.1, 0.15) is 16.7 Å². The molecule has 1 heterocycles. The summed E-state index contributed by atoms with van der Waals surface area (Å²) in [6, 6.07) is 36.0. The quantitative estimate of drug-likeness (QED) is 0.0498. The van der Waals surface area contributed by atoms with Gasteiger partial charge in [-0.05, 0) is 72.3 Å². The minimum absolute atomic E-state index is 0.142. The van der Waals surface area contributed by atoms with Gasteiger partial charge < -0.3 is 20.7 Å². The summed E-state index contributed by atoms with van der Waals surface area (Å²) in [5.74, 6) is -0.801. The van der Waals surface area contributed by atoms with Crippen LogP contribution in [0.15, 0.2) is 138 Å². The van der Waals surface area contributed by atoms with Gasteiger partial charge in [-0.2, -0.15) is 0 Å². The molecule has 0 spiro atoms. The molecule has 3 amide bonds. The number of carbonyl (C=O) groups excluding carboxylic acids is 3. The minimum Gasteiger partial charge on any atom is -0.497 e. The second-order valence-corrected chi connectivity index (χ2v) is 13.1. The molecule has 1 atom stereocenters. The molecule has 0 aliphatic carbocycles. The second-order valence-electron chi connectivity index (χ2n) is 10.9. The van der Waals surface area contributed by atoms with Crippen molar-refractivity contribution in [3.8, 4) is 5.75 Å². The Hall–Kier alpha value is -6.31. The third-order valence-electron chi connectivity index (χ3n) is 7.49. The summed E-state index contributed by atoms with van der Waals surface area (Å²) >= 11 is 2.68. The first kappa shape index (κ1) is 34.5. The number of methoxy groups -OCH3 is 1. The van der Waals surface area contributed by atoms with Crippen molar-refractivity contribution in [3.05, 3.63) is 160 Å². The zero-order chi connectivity index (χ0) is 35.7. The molecular formula is C38H29N5O6S2. The predicted octanol–water partition coefficient (Wildman–Crippen LogP) is 8.09. The standard InChI is InChI=1S/C38H29N5O6S2/c1-49-28-18-21-30-33(23-28)51-38(41-30)42-37(46)34(24-10-4-2-5-11-24)50-29-19-16-27(17-20-29)39-36(45)31(40-35(44)25-12-6-3-7-13-25)22-26-14-8-9-15-32(26)43(47)48/h2-23,34H,1H3,(H,39,45)(H,40,44)(H,41,42,46)/b31-22-. The topological polar surface area (TPSA) is 153 Å². The van der Waals surface area contributed by atoms with Crippen molar-refractivity contribution >= 4 is 73.6 Å². The molecule has 1 unspecified atom stereocenters. The molecule has 13 heteroatoms. The van der Waals surface area contributed by atoms with Gasteiger partial charge in [0.05, 0.1) is 27.8 Å². The summed E-state index contributed by atoms with van der Waals surface area (Å²) < 4.78 is 6.19. The number of thioether (sulfide) groups is 1. The van der Waals surface area contributed by atoms with Gasteiger partial charge in [0, 0.05) is 22.2 Å². The lowest BCUT2D eigenvalue weighted by atomic mass is 10.1. The maximum absolute atomic E-state index is 13.7. The first-order chi connectivity index (χ1) is 24.8. The number of thiazole rings is 1. The van der Waals surface area contributed by atoms with Gasteiger partial charge in [-0.25, -0.2) is 4.98 Å². The highest BCUT2D eigenvalue weighted by Gasteiger charge is 2.24. The van der Waals surface area contributed by atoms with Crippen LogP contribution < -0.4 is 20.7 Å². The average Bonchev–Trinajstić information content (AvgIpc) is 3.56. The number of amides is 3. The summed E-state index contributed by atoms with van der Waals surface area (Å²) in [6.07, 6.45) is 1.27. The number of rotatable bonds is 12. The molecule has 5 aromatic carbocycles. The molecule has 11 nitrogen and oxygen atoms in total. The number of anilines is 2. The molecule has 0 saturated carbocycles. The number of nitrogens with one attached hydrogen (secondary N) is 3. The molecule has 3 N–H and O–H groups in total. The number of benzene rings is 5. The first-order valence-corrected chi connectivity index (χ1v) is 17.2. The van der Waals surface area contributed by atoms with Crippen LogP contribution in [0.2, 0.25) is 0 Å². The van der Waals surface area contributed by atoms with Crippen molar-refractivity contribution in [2.75, 3.05) is 17.7 Å². The van der Waals surface area contributed by atoms with E-state index in [0.717, 1.165) is 20.7 Å². The van der Waals surface area contributed by atoms with Crippen molar-refractivity contribution in [1.29, 1.82) is 0 Å². The number of carbonyl (C=O) groups is 3. The highest BCUT2D eigenvalue weighted by Crippen LogP contribution is 2.38. The van der Waals surface area contributed by atoms with E-state index in [0.29, 0.717) is 22.1 Å². The summed E-state index contributed by atoms with van der Waals surface area (Å²) in [5.41, 5.74) is 1.97. The number of nitrogens with zero attached hydrogens (tertiary/aromatic N) is 2. The lowest BCUT2D eigenvalue weighted by Gasteiger charge is -2.16. The van der Waals surface area contributed by atoms with Crippen LogP contribution in [-0.2, 0) is 9.59 Å². The van der Waals surface area contributed by atoms with E-state index in [9.17, 15) is 24.5 Å². The van der Waals surface area contributed by atoms with Crippen LogP contribution in [0, 0.1) is 10.1 Å². The molecule has 6 rings (SSSR count). The van der Waals surface area contributed by atoms with Crippen LogP contribution in [0.25, 0.3) is 16.3 Å². The van der Waals surface area contributed by atoms with Crippen LogP contribution in [0.4, 0.5) is 16.5 Å². The van der Waals surface area contributed by atoms with Crippen molar-refractivity contribution in [2.45, 2.75) is 10.1 Å². The Morgan fingerprint density at radius 1 is 0.863 bits per heavy atom. The molecule has 0 aliphatic heterocycles. The van der Waals surface area contributed by atoms with Crippen LogP contribution in [0.1, 0.15) is 26.7 Å². The third kappa shape index (κ3) is 8.65. The number of ether oxygens (including phenoxy) is 1. The molecule has 0 fully saturated rings. The van der Waals surface area contributed by atoms with Crippen LogP contribution in [-0.4, -0.2) is 34.7 Å². The largest absolute Gasteiger partial charge is 0.497 e. The summed E-state index contributed by atoms with van der Waals surface area (Å²) in [6.45, 7) is 0. The number of hydrogen-bond acceptors (Lipinski definition) is 9. The fourth-order valence-electron chi connectivity index (χ4n) is 4.98.